The van der Waals surface area contributed by atoms with Crippen LogP contribution in [0, 0.1) is 0 Å². The Morgan fingerprint density at radius 1 is 1.14 bits per heavy atom. The van der Waals surface area contributed by atoms with Gasteiger partial charge >= 0.3 is 0 Å². The number of carbonyl (C=O) groups excluding carboxylic acids is 2. The van der Waals surface area contributed by atoms with Crippen LogP contribution in [0.15, 0.2) is 54.6 Å². The lowest BCUT2D eigenvalue weighted by atomic mass is 9.89. The minimum absolute atomic E-state index is 0.0465. The van der Waals surface area contributed by atoms with Crippen molar-refractivity contribution in [1.29, 1.82) is 0 Å². The van der Waals surface area contributed by atoms with Crippen LogP contribution in [0.1, 0.15) is 34.7 Å². The molecular weight excluding hydrogens is 264 g/mol. The molecule has 0 amide bonds. The van der Waals surface area contributed by atoms with Crippen molar-refractivity contribution in [3.63, 3.8) is 0 Å². The third-order valence-corrected chi connectivity index (χ3v) is 3.47. The van der Waals surface area contributed by atoms with Crippen molar-refractivity contribution >= 4 is 12.1 Å². The minimum atomic E-state index is -0.120. The zero-order valence-electron chi connectivity index (χ0n) is 12.0. The predicted octanol–water partition coefficient (Wildman–Crippen LogP) is 3.64. The number of benzene rings is 2. The van der Waals surface area contributed by atoms with Crippen molar-refractivity contribution in [2.24, 2.45) is 0 Å². The summed E-state index contributed by atoms with van der Waals surface area (Å²) in [7, 11) is 1.60. The van der Waals surface area contributed by atoms with Crippen LogP contribution in [0.25, 0.3) is 0 Å². The van der Waals surface area contributed by atoms with Gasteiger partial charge in [0, 0.05) is 18.4 Å². The maximum absolute atomic E-state index is 12.3. The van der Waals surface area contributed by atoms with Gasteiger partial charge in [0.05, 0.1) is 7.11 Å². The number of hydrogen-bond acceptors (Lipinski definition) is 3. The van der Waals surface area contributed by atoms with Gasteiger partial charge in [-0.2, -0.15) is 0 Å². The molecule has 1 atom stereocenters. The third-order valence-electron chi connectivity index (χ3n) is 3.47. The Hall–Kier alpha value is -2.42. The molecule has 0 heterocycles. The standard InChI is InChI=1S/C18H18O3/c1-21-17-9-5-8-15(12-17)16(10-11-19)13-18(20)14-6-3-2-4-7-14/h2-9,11-12,16H,10,13H2,1H3/t16-/m1/s1. The Morgan fingerprint density at radius 3 is 2.57 bits per heavy atom. The number of methoxy groups -OCH3 is 1. The number of carbonyl (C=O) groups is 2. The molecule has 0 saturated heterocycles. The van der Waals surface area contributed by atoms with Gasteiger partial charge in [-0.1, -0.05) is 42.5 Å². The van der Waals surface area contributed by atoms with Crippen LogP contribution in [0.5, 0.6) is 5.75 Å². The van der Waals surface area contributed by atoms with Crippen molar-refractivity contribution in [3.05, 3.63) is 65.7 Å². The molecule has 108 valence electrons. The highest BCUT2D eigenvalue weighted by atomic mass is 16.5. The van der Waals surface area contributed by atoms with Gasteiger partial charge < -0.3 is 9.53 Å². The molecule has 3 heteroatoms. The number of ketones is 1. The average Bonchev–Trinajstić information content (AvgIpc) is 2.55. The van der Waals surface area contributed by atoms with E-state index in [0.717, 1.165) is 17.6 Å². The van der Waals surface area contributed by atoms with Crippen LogP contribution in [-0.2, 0) is 4.79 Å². The van der Waals surface area contributed by atoms with E-state index in [4.69, 9.17) is 4.74 Å². The van der Waals surface area contributed by atoms with Crippen LogP contribution in [0.2, 0.25) is 0 Å². The van der Waals surface area contributed by atoms with Crippen LogP contribution >= 0.6 is 0 Å². The van der Waals surface area contributed by atoms with E-state index in [1.54, 1.807) is 19.2 Å². The van der Waals surface area contributed by atoms with Crippen molar-refractivity contribution in [3.8, 4) is 5.75 Å². The van der Waals surface area contributed by atoms with Gasteiger partial charge in [0.25, 0.3) is 0 Å². The second-order valence-electron chi connectivity index (χ2n) is 4.87. The lowest BCUT2D eigenvalue weighted by Crippen LogP contribution is -2.08. The summed E-state index contributed by atoms with van der Waals surface area (Å²) in [5.74, 6) is 0.658. The lowest BCUT2D eigenvalue weighted by Gasteiger charge is -2.15. The number of hydrogen-bond donors (Lipinski definition) is 0. The fourth-order valence-corrected chi connectivity index (χ4v) is 2.31. The van der Waals surface area contributed by atoms with Gasteiger partial charge in [-0.05, 0) is 23.6 Å². The zero-order chi connectivity index (χ0) is 15.1. The highest BCUT2D eigenvalue weighted by molar-refractivity contribution is 5.96. The molecule has 21 heavy (non-hydrogen) atoms. The Kier molecular flexibility index (Phi) is 5.27. The molecule has 0 unspecified atom stereocenters. The Labute approximate surface area is 124 Å². The van der Waals surface area contributed by atoms with Gasteiger partial charge in [-0.25, -0.2) is 0 Å². The summed E-state index contributed by atoms with van der Waals surface area (Å²) in [4.78, 5) is 23.2. The first-order valence-corrected chi connectivity index (χ1v) is 6.90. The summed E-state index contributed by atoms with van der Waals surface area (Å²) in [6, 6.07) is 16.7. The van der Waals surface area contributed by atoms with E-state index >= 15 is 0 Å². The monoisotopic (exact) mass is 282 g/mol. The van der Waals surface area contributed by atoms with Gasteiger partial charge in [-0.3, -0.25) is 4.79 Å². The van der Waals surface area contributed by atoms with Gasteiger partial charge in [-0.15, -0.1) is 0 Å². The molecule has 0 aliphatic rings. The molecule has 0 fully saturated rings. The first-order valence-electron chi connectivity index (χ1n) is 6.90. The quantitative estimate of drug-likeness (QED) is 0.575. The number of ether oxygens (including phenoxy) is 1. The summed E-state index contributed by atoms with van der Waals surface area (Å²) < 4.78 is 5.20. The first-order chi connectivity index (χ1) is 10.2. The molecule has 0 aromatic heterocycles. The third kappa shape index (κ3) is 4.02. The van der Waals surface area contributed by atoms with Crippen LogP contribution in [0.3, 0.4) is 0 Å². The van der Waals surface area contributed by atoms with Gasteiger partial charge in [0.2, 0.25) is 0 Å². The average molecular weight is 282 g/mol. The Morgan fingerprint density at radius 2 is 1.90 bits per heavy atom. The van der Waals surface area contributed by atoms with E-state index in [-0.39, 0.29) is 11.7 Å². The molecule has 0 radical (unpaired) electrons. The van der Waals surface area contributed by atoms with Crippen molar-refractivity contribution in [1.82, 2.24) is 0 Å². The smallest absolute Gasteiger partial charge is 0.163 e. The number of Topliss-reactive ketones (excluding diaryl/α,β-unsaturated/α-hetero) is 1. The fourth-order valence-electron chi connectivity index (χ4n) is 2.31. The summed E-state index contributed by atoms with van der Waals surface area (Å²) in [6.07, 6.45) is 1.50. The molecule has 0 bridgehead atoms. The van der Waals surface area contributed by atoms with E-state index in [2.05, 4.69) is 0 Å². The van der Waals surface area contributed by atoms with E-state index in [9.17, 15) is 9.59 Å². The first kappa shape index (κ1) is 15.0. The van der Waals surface area contributed by atoms with Crippen molar-refractivity contribution < 1.29 is 14.3 Å². The molecule has 0 spiro atoms. The normalized spacial score (nSPS) is 11.7. The maximum Gasteiger partial charge on any atom is 0.163 e. The van der Waals surface area contributed by atoms with Crippen LogP contribution < -0.4 is 4.74 Å². The molecule has 2 rings (SSSR count). The fraction of sp³-hybridized carbons (Fsp3) is 0.222. The topological polar surface area (TPSA) is 43.4 Å². The summed E-state index contributed by atoms with van der Waals surface area (Å²) >= 11 is 0. The Bertz CT molecular complexity index is 605. The van der Waals surface area contributed by atoms with E-state index in [1.165, 1.54) is 0 Å². The van der Waals surface area contributed by atoms with E-state index in [1.807, 2.05) is 42.5 Å². The summed E-state index contributed by atoms with van der Waals surface area (Å²) in [5, 5.41) is 0. The summed E-state index contributed by atoms with van der Waals surface area (Å²) in [6.45, 7) is 0. The van der Waals surface area contributed by atoms with Crippen molar-refractivity contribution in [2.45, 2.75) is 18.8 Å². The molecule has 2 aromatic rings. The van der Waals surface area contributed by atoms with Crippen LogP contribution in [0.4, 0.5) is 0 Å². The number of aldehydes is 1. The highest BCUT2D eigenvalue weighted by Gasteiger charge is 2.17. The molecule has 0 N–H and O–H groups in total. The second-order valence-corrected chi connectivity index (χ2v) is 4.87. The summed E-state index contributed by atoms with van der Waals surface area (Å²) in [5.41, 5.74) is 1.63. The highest BCUT2D eigenvalue weighted by Crippen LogP contribution is 2.27. The zero-order valence-corrected chi connectivity index (χ0v) is 12.0. The molecular formula is C18H18O3. The molecule has 2 aromatic carbocycles. The largest absolute Gasteiger partial charge is 0.497 e. The van der Waals surface area contributed by atoms with Crippen molar-refractivity contribution in [2.75, 3.05) is 7.11 Å². The number of rotatable bonds is 7. The second kappa shape index (κ2) is 7.39. The minimum Gasteiger partial charge on any atom is -0.497 e. The molecule has 3 nitrogen and oxygen atoms in total. The SMILES string of the molecule is COc1cccc([C@H](CC=O)CC(=O)c2ccccc2)c1. The van der Waals surface area contributed by atoms with Gasteiger partial charge in [0.15, 0.2) is 5.78 Å². The molecule has 0 aliphatic carbocycles. The van der Waals surface area contributed by atoms with Gasteiger partial charge in [0.1, 0.15) is 12.0 Å². The van der Waals surface area contributed by atoms with Crippen LogP contribution in [-0.4, -0.2) is 19.2 Å². The lowest BCUT2D eigenvalue weighted by molar-refractivity contribution is -0.108. The maximum atomic E-state index is 12.3. The van der Waals surface area contributed by atoms with E-state index in [0.29, 0.717) is 18.4 Å². The molecule has 0 aliphatic heterocycles. The van der Waals surface area contributed by atoms with E-state index < -0.39 is 0 Å². The predicted molar refractivity (Wildman–Crippen MR) is 81.8 cm³/mol. The molecule has 0 saturated carbocycles. The Balaban J connectivity index is 2.19.